The molecule has 0 aromatic heterocycles. The molecular formula is C13H20N2O3S. The Bertz CT molecular complexity index is 605. The summed E-state index contributed by atoms with van der Waals surface area (Å²) in [4.78, 5) is 0.172. The van der Waals surface area contributed by atoms with Crippen LogP contribution >= 0.6 is 0 Å². The maximum absolute atomic E-state index is 12.5. The van der Waals surface area contributed by atoms with Crippen molar-refractivity contribution in [3.05, 3.63) is 23.3 Å². The van der Waals surface area contributed by atoms with E-state index in [1.54, 1.807) is 19.9 Å². The summed E-state index contributed by atoms with van der Waals surface area (Å²) >= 11 is 0. The van der Waals surface area contributed by atoms with Crippen LogP contribution in [0.2, 0.25) is 0 Å². The molecule has 106 valence electrons. The Hall–Kier alpha value is -1.11. The zero-order valence-corrected chi connectivity index (χ0v) is 12.3. The molecule has 1 aliphatic heterocycles. The van der Waals surface area contributed by atoms with E-state index < -0.39 is 15.6 Å². The second-order valence-corrected chi connectivity index (χ2v) is 7.17. The van der Waals surface area contributed by atoms with E-state index in [1.807, 2.05) is 13.0 Å². The molecule has 0 bridgehead atoms. The lowest BCUT2D eigenvalue weighted by Crippen LogP contribution is -2.63. The van der Waals surface area contributed by atoms with Crippen LogP contribution < -0.4 is 5.73 Å². The van der Waals surface area contributed by atoms with Gasteiger partial charge in [0.1, 0.15) is 4.90 Å². The zero-order chi connectivity index (χ0) is 14.4. The summed E-state index contributed by atoms with van der Waals surface area (Å²) in [6.45, 7) is 5.63. The number of benzene rings is 1. The molecule has 1 aromatic rings. The third kappa shape index (κ3) is 2.24. The number of hydrogen-bond acceptors (Lipinski definition) is 4. The Labute approximate surface area is 114 Å². The van der Waals surface area contributed by atoms with Gasteiger partial charge in [0, 0.05) is 13.1 Å². The first-order valence-corrected chi connectivity index (χ1v) is 7.73. The molecule has 2 rings (SSSR count). The van der Waals surface area contributed by atoms with Gasteiger partial charge in [0.2, 0.25) is 10.0 Å². The molecule has 0 spiro atoms. The smallest absolute Gasteiger partial charge is 0.245 e. The summed E-state index contributed by atoms with van der Waals surface area (Å²) in [6.07, 6.45) is 0.543. The molecule has 1 aliphatic rings. The number of sulfonamides is 1. The lowest BCUT2D eigenvalue weighted by Gasteiger charge is -2.45. The van der Waals surface area contributed by atoms with Gasteiger partial charge in [-0.25, -0.2) is 8.42 Å². The predicted octanol–water partition coefficient (Wildman–Crippen LogP) is 1.03. The van der Waals surface area contributed by atoms with Gasteiger partial charge in [-0.3, -0.25) is 0 Å². The van der Waals surface area contributed by atoms with Crippen molar-refractivity contribution in [2.45, 2.75) is 37.7 Å². The number of aryl methyl sites for hydroxylation is 2. The highest BCUT2D eigenvalue weighted by atomic mass is 32.2. The first-order chi connectivity index (χ1) is 8.71. The van der Waals surface area contributed by atoms with E-state index in [4.69, 9.17) is 5.73 Å². The average Bonchev–Trinajstić information content (AvgIpc) is 2.30. The van der Waals surface area contributed by atoms with Gasteiger partial charge in [-0.2, -0.15) is 4.31 Å². The summed E-state index contributed by atoms with van der Waals surface area (Å²) in [5.74, 6) is 0. The van der Waals surface area contributed by atoms with Gasteiger partial charge in [0.25, 0.3) is 0 Å². The Morgan fingerprint density at radius 3 is 2.37 bits per heavy atom. The van der Waals surface area contributed by atoms with E-state index in [1.165, 1.54) is 4.31 Å². The molecule has 0 aliphatic carbocycles. The molecule has 3 N–H and O–H groups in total. The summed E-state index contributed by atoms with van der Waals surface area (Å²) in [6, 6.07) is 3.56. The molecule has 1 aromatic carbocycles. The van der Waals surface area contributed by atoms with Crippen LogP contribution in [0.5, 0.6) is 0 Å². The number of β-amino-alcohol motifs (C(OH)–C–C–N with tert-alkyl or cyclic N) is 1. The third-order valence-corrected chi connectivity index (χ3v) is 5.80. The second kappa shape index (κ2) is 4.47. The van der Waals surface area contributed by atoms with Gasteiger partial charge >= 0.3 is 0 Å². The average molecular weight is 284 g/mol. The maximum Gasteiger partial charge on any atom is 0.245 e. The minimum absolute atomic E-state index is 0.138. The van der Waals surface area contributed by atoms with E-state index in [-0.39, 0.29) is 18.0 Å². The molecule has 6 heteroatoms. The lowest BCUT2D eigenvalue weighted by molar-refractivity contribution is -0.0613. The minimum atomic E-state index is -3.62. The van der Waals surface area contributed by atoms with Crippen LogP contribution in [-0.4, -0.2) is 36.5 Å². The van der Waals surface area contributed by atoms with Crippen LogP contribution in [0.4, 0.5) is 5.69 Å². The van der Waals surface area contributed by atoms with Gasteiger partial charge in [-0.15, -0.1) is 0 Å². The number of nitrogens with zero attached hydrogens (tertiary/aromatic N) is 1. The molecule has 1 saturated heterocycles. The molecule has 1 fully saturated rings. The fraction of sp³-hybridized carbons (Fsp3) is 0.538. The van der Waals surface area contributed by atoms with Gasteiger partial charge in [-0.05, 0) is 31.4 Å². The number of hydrogen-bond donors (Lipinski definition) is 2. The molecule has 0 unspecified atom stereocenters. The van der Waals surface area contributed by atoms with Crippen molar-refractivity contribution in [3.8, 4) is 0 Å². The van der Waals surface area contributed by atoms with Crippen molar-refractivity contribution in [3.63, 3.8) is 0 Å². The third-order valence-electron chi connectivity index (χ3n) is 3.81. The van der Waals surface area contributed by atoms with Crippen molar-refractivity contribution in [1.29, 1.82) is 0 Å². The Morgan fingerprint density at radius 1 is 1.32 bits per heavy atom. The van der Waals surface area contributed by atoms with Gasteiger partial charge < -0.3 is 10.8 Å². The largest absolute Gasteiger partial charge is 0.397 e. The fourth-order valence-electron chi connectivity index (χ4n) is 2.28. The quantitative estimate of drug-likeness (QED) is 0.812. The van der Waals surface area contributed by atoms with E-state index in [9.17, 15) is 13.5 Å². The SMILES string of the molecule is CCC1(O)CN(S(=O)(=O)c2c(C)ccc(C)c2N)C1. The van der Waals surface area contributed by atoms with E-state index >= 15 is 0 Å². The molecule has 1 heterocycles. The number of rotatable bonds is 3. The Morgan fingerprint density at radius 2 is 1.84 bits per heavy atom. The highest BCUT2D eigenvalue weighted by molar-refractivity contribution is 7.89. The van der Waals surface area contributed by atoms with E-state index in [2.05, 4.69) is 0 Å². The number of anilines is 1. The van der Waals surface area contributed by atoms with Gasteiger partial charge in [0.05, 0.1) is 11.3 Å². The van der Waals surface area contributed by atoms with Gasteiger partial charge in [-0.1, -0.05) is 19.1 Å². The molecule has 0 radical (unpaired) electrons. The van der Waals surface area contributed by atoms with Crippen molar-refractivity contribution in [2.75, 3.05) is 18.8 Å². The molecule has 0 amide bonds. The van der Waals surface area contributed by atoms with Crippen LogP contribution in [0.15, 0.2) is 17.0 Å². The lowest BCUT2D eigenvalue weighted by atomic mass is 9.94. The molecular weight excluding hydrogens is 264 g/mol. The zero-order valence-electron chi connectivity index (χ0n) is 11.5. The van der Waals surface area contributed by atoms with E-state index in [0.29, 0.717) is 17.7 Å². The monoisotopic (exact) mass is 284 g/mol. The topological polar surface area (TPSA) is 83.6 Å². The summed E-state index contributed by atoms with van der Waals surface area (Å²) < 4.78 is 26.4. The maximum atomic E-state index is 12.5. The molecule has 0 atom stereocenters. The highest BCUT2D eigenvalue weighted by Gasteiger charge is 2.46. The number of aliphatic hydroxyl groups is 1. The van der Waals surface area contributed by atoms with Crippen molar-refractivity contribution < 1.29 is 13.5 Å². The minimum Gasteiger partial charge on any atom is -0.397 e. The summed E-state index contributed by atoms with van der Waals surface area (Å²) in [5, 5.41) is 9.96. The normalized spacial score (nSPS) is 19.2. The standard InChI is InChI=1S/C13H20N2O3S/c1-4-13(16)7-15(8-13)19(17,18)12-10(3)6-5-9(2)11(12)14/h5-6,16H,4,7-8,14H2,1-3H3. The first-order valence-electron chi connectivity index (χ1n) is 6.29. The molecule has 0 saturated carbocycles. The fourth-order valence-corrected chi connectivity index (χ4v) is 4.27. The Balaban J connectivity index is 2.40. The summed E-state index contributed by atoms with van der Waals surface area (Å²) in [5.41, 5.74) is 6.71. The van der Waals surface area contributed by atoms with Crippen molar-refractivity contribution in [2.24, 2.45) is 0 Å². The highest BCUT2D eigenvalue weighted by Crippen LogP contribution is 2.34. The van der Waals surface area contributed by atoms with Gasteiger partial charge in [0.15, 0.2) is 0 Å². The first kappa shape index (κ1) is 14.3. The second-order valence-electron chi connectivity index (χ2n) is 5.29. The van der Waals surface area contributed by atoms with Crippen LogP contribution in [0.1, 0.15) is 24.5 Å². The van der Waals surface area contributed by atoms with E-state index in [0.717, 1.165) is 5.56 Å². The predicted molar refractivity (Wildman–Crippen MR) is 74.3 cm³/mol. The van der Waals surface area contributed by atoms with Crippen LogP contribution in [0.25, 0.3) is 0 Å². The van der Waals surface area contributed by atoms with Crippen LogP contribution in [0.3, 0.4) is 0 Å². The molecule has 5 nitrogen and oxygen atoms in total. The molecule has 19 heavy (non-hydrogen) atoms. The number of nitrogens with two attached hydrogens (primary N) is 1. The summed E-state index contributed by atoms with van der Waals surface area (Å²) in [7, 11) is -3.62. The van der Waals surface area contributed by atoms with Crippen molar-refractivity contribution in [1.82, 2.24) is 4.31 Å². The van der Waals surface area contributed by atoms with Crippen molar-refractivity contribution >= 4 is 15.7 Å². The van der Waals surface area contributed by atoms with Crippen LogP contribution in [-0.2, 0) is 10.0 Å². The van der Waals surface area contributed by atoms with Crippen LogP contribution in [0, 0.1) is 13.8 Å². The number of nitrogen functional groups attached to an aromatic ring is 1. The Kier molecular flexibility index (Phi) is 3.36.